The lowest BCUT2D eigenvalue weighted by Gasteiger charge is -2.52. The van der Waals surface area contributed by atoms with E-state index in [1.807, 2.05) is 12.1 Å². The van der Waals surface area contributed by atoms with E-state index >= 15 is 0 Å². The zero-order valence-corrected chi connectivity index (χ0v) is 15.8. The van der Waals surface area contributed by atoms with Gasteiger partial charge in [-0.3, -0.25) is 0 Å². The van der Waals surface area contributed by atoms with Gasteiger partial charge in [0.25, 0.3) is 0 Å². The van der Waals surface area contributed by atoms with E-state index in [-0.39, 0.29) is 0 Å². The number of amides is 1. The van der Waals surface area contributed by atoms with E-state index in [2.05, 4.69) is 0 Å². The fourth-order valence-electron chi connectivity index (χ4n) is 4.99. The summed E-state index contributed by atoms with van der Waals surface area (Å²) in [4.78, 5) is 13.3. The van der Waals surface area contributed by atoms with Crippen molar-refractivity contribution in [2.75, 3.05) is 27.8 Å². The first kappa shape index (κ1) is 18.1. The predicted octanol–water partition coefficient (Wildman–Crippen LogP) is 1.39. The van der Waals surface area contributed by atoms with Crippen molar-refractivity contribution in [3.05, 3.63) is 35.4 Å². The molecule has 0 bridgehead atoms. The summed E-state index contributed by atoms with van der Waals surface area (Å²) in [5.41, 5.74) is -0.0530. The number of nitrogens with zero attached hydrogens (tertiary/aromatic N) is 1. The molecule has 7 heteroatoms. The summed E-state index contributed by atoms with van der Waals surface area (Å²) in [5.74, 6) is 1.17. The number of hydrogen-bond donors (Lipinski definition) is 2. The third kappa shape index (κ3) is 2.31. The summed E-state index contributed by atoms with van der Waals surface area (Å²) in [7, 11) is 4.56. The Hall–Kier alpha value is -2.25. The highest BCUT2D eigenvalue weighted by Gasteiger charge is 2.66. The van der Waals surface area contributed by atoms with Crippen molar-refractivity contribution in [3.8, 4) is 11.5 Å². The van der Waals surface area contributed by atoms with Gasteiger partial charge in [-0.05, 0) is 30.9 Å². The Kier molecular flexibility index (Phi) is 4.12. The van der Waals surface area contributed by atoms with Crippen molar-refractivity contribution >= 4 is 6.09 Å². The molecule has 0 spiro atoms. The van der Waals surface area contributed by atoms with Crippen LogP contribution in [-0.4, -0.2) is 66.8 Å². The van der Waals surface area contributed by atoms with Gasteiger partial charge in [-0.2, -0.15) is 0 Å². The van der Waals surface area contributed by atoms with Crippen LogP contribution in [0.15, 0.2) is 24.3 Å². The first-order chi connectivity index (χ1) is 12.9. The Balaban J connectivity index is 1.86. The smallest absolute Gasteiger partial charge is 0.409 e. The molecule has 0 radical (unpaired) electrons. The molecule has 0 saturated heterocycles. The average Bonchev–Trinajstić information content (AvgIpc) is 3.05. The Labute approximate surface area is 158 Å². The van der Waals surface area contributed by atoms with Crippen LogP contribution < -0.4 is 9.47 Å². The minimum Gasteiger partial charge on any atom is -0.493 e. The van der Waals surface area contributed by atoms with Gasteiger partial charge in [0.2, 0.25) is 0 Å². The van der Waals surface area contributed by atoms with Gasteiger partial charge in [0.1, 0.15) is 12.2 Å². The molecule has 3 aliphatic rings. The third-order valence-electron chi connectivity index (χ3n) is 6.36. The number of rotatable bonds is 4. The molecule has 4 rings (SSSR count). The van der Waals surface area contributed by atoms with E-state index < -0.39 is 29.3 Å². The summed E-state index contributed by atoms with van der Waals surface area (Å²) < 4.78 is 16.5. The maximum Gasteiger partial charge on any atom is 0.409 e. The quantitative estimate of drug-likeness (QED) is 0.774. The number of methoxy groups -OCH3 is 2. The summed E-state index contributed by atoms with van der Waals surface area (Å²) in [6.45, 7) is 0.353. The normalized spacial score (nSPS) is 32.5. The van der Waals surface area contributed by atoms with Gasteiger partial charge in [0, 0.05) is 19.2 Å². The molecule has 7 nitrogen and oxygen atoms in total. The van der Waals surface area contributed by atoms with E-state index in [0.717, 1.165) is 11.1 Å². The average molecular weight is 375 g/mol. The molecule has 1 aromatic carbocycles. The molecule has 4 atom stereocenters. The summed E-state index contributed by atoms with van der Waals surface area (Å²) in [6.07, 6.45) is 3.00. The van der Waals surface area contributed by atoms with Crippen molar-refractivity contribution in [2.24, 2.45) is 0 Å². The molecular formula is C20H25NO6. The number of hydrogen-bond acceptors (Lipinski definition) is 6. The Morgan fingerprint density at radius 3 is 2.89 bits per heavy atom. The van der Waals surface area contributed by atoms with Crippen LogP contribution in [0.4, 0.5) is 4.79 Å². The van der Waals surface area contributed by atoms with Crippen LogP contribution in [0.1, 0.15) is 24.0 Å². The molecule has 146 valence electrons. The molecule has 1 amide bonds. The Morgan fingerprint density at radius 1 is 1.41 bits per heavy atom. The van der Waals surface area contributed by atoms with Crippen LogP contribution >= 0.6 is 0 Å². The summed E-state index contributed by atoms with van der Waals surface area (Å²) in [6, 6.07) is 3.86. The molecule has 2 aliphatic carbocycles. The summed E-state index contributed by atoms with van der Waals surface area (Å²) >= 11 is 0. The molecular weight excluding hydrogens is 350 g/mol. The van der Waals surface area contributed by atoms with Gasteiger partial charge in [-0.25, -0.2) is 4.79 Å². The van der Waals surface area contributed by atoms with Crippen LogP contribution in [-0.2, 0) is 16.6 Å². The van der Waals surface area contributed by atoms with Crippen molar-refractivity contribution in [2.45, 2.75) is 42.5 Å². The second kappa shape index (κ2) is 6.14. The molecule has 0 unspecified atom stereocenters. The van der Waals surface area contributed by atoms with E-state index in [4.69, 9.17) is 14.2 Å². The van der Waals surface area contributed by atoms with E-state index in [1.54, 1.807) is 26.3 Å². The minimum atomic E-state index is -1.17. The van der Waals surface area contributed by atoms with Crippen molar-refractivity contribution in [1.29, 1.82) is 0 Å². The van der Waals surface area contributed by atoms with E-state index in [1.165, 1.54) is 12.0 Å². The minimum absolute atomic E-state index is 0.353. The van der Waals surface area contributed by atoms with Crippen LogP contribution in [0.5, 0.6) is 11.5 Å². The monoisotopic (exact) mass is 375 g/mol. The fraction of sp³-hybridized carbons (Fsp3) is 0.550. The molecule has 0 fully saturated rings. The maximum atomic E-state index is 11.9. The zero-order chi connectivity index (χ0) is 19.4. The van der Waals surface area contributed by atoms with Gasteiger partial charge < -0.3 is 29.3 Å². The highest BCUT2D eigenvalue weighted by Crippen LogP contribution is 2.61. The van der Waals surface area contributed by atoms with E-state index in [9.17, 15) is 15.0 Å². The molecule has 0 saturated carbocycles. The lowest BCUT2D eigenvalue weighted by Crippen LogP contribution is -2.64. The maximum absolute atomic E-state index is 11.9. The standard InChI is InChI=1S/C20H25NO6/c1-21(18(23)26-3)11-10-20-15-12-4-5-14(25-2)16(15)27-17(20)13(22)7-9-19(20,24)8-6-12/h4-5,7,9,13,17,22,24H,6,8,10-11H2,1-3H3/t13-,17-,19-,20-/m0/s1. The first-order valence-electron chi connectivity index (χ1n) is 9.14. The molecule has 0 aromatic heterocycles. The molecule has 1 aliphatic heterocycles. The van der Waals surface area contributed by atoms with Crippen LogP contribution in [0.2, 0.25) is 0 Å². The zero-order valence-electron chi connectivity index (χ0n) is 15.8. The molecule has 1 aromatic rings. The number of aliphatic hydroxyl groups is 2. The third-order valence-corrected chi connectivity index (χ3v) is 6.36. The van der Waals surface area contributed by atoms with Crippen LogP contribution in [0.25, 0.3) is 0 Å². The number of aliphatic hydroxyl groups excluding tert-OH is 1. The van der Waals surface area contributed by atoms with Crippen molar-refractivity contribution < 1.29 is 29.2 Å². The second-order valence-electron chi connectivity index (χ2n) is 7.56. The largest absolute Gasteiger partial charge is 0.493 e. The first-order valence-corrected chi connectivity index (χ1v) is 9.14. The topological polar surface area (TPSA) is 88.5 Å². The second-order valence-corrected chi connectivity index (χ2v) is 7.56. The molecule has 27 heavy (non-hydrogen) atoms. The van der Waals surface area contributed by atoms with Gasteiger partial charge in [-0.1, -0.05) is 18.2 Å². The predicted molar refractivity (Wildman–Crippen MR) is 97.2 cm³/mol. The fourth-order valence-corrected chi connectivity index (χ4v) is 4.99. The number of ether oxygens (including phenoxy) is 3. The van der Waals surface area contributed by atoms with Gasteiger partial charge in [-0.15, -0.1) is 0 Å². The summed E-state index contributed by atoms with van der Waals surface area (Å²) in [5, 5.41) is 22.3. The van der Waals surface area contributed by atoms with Crippen LogP contribution in [0.3, 0.4) is 0 Å². The highest BCUT2D eigenvalue weighted by molar-refractivity contribution is 5.67. The Morgan fingerprint density at radius 2 is 2.19 bits per heavy atom. The van der Waals surface area contributed by atoms with Crippen molar-refractivity contribution in [1.82, 2.24) is 4.90 Å². The van der Waals surface area contributed by atoms with Crippen molar-refractivity contribution in [3.63, 3.8) is 0 Å². The van der Waals surface area contributed by atoms with Gasteiger partial charge in [0.05, 0.1) is 25.2 Å². The molecule has 2 N–H and O–H groups in total. The number of aryl methyl sites for hydroxylation is 1. The molecule has 1 heterocycles. The Bertz CT molecular complexity index is 808. The SMILES string of the molecule is COC(=O)N(C)CC[C@]12c3c4ccc(OC)c3O[C@H]1[C@@H](O)C=C[C@@]2(O)CC4. The van der Waals surface area contributed by atoms with Gasteiger partial charge >= 0.3 is 6.09 Å². The number of carbonyl (C=O) groups excluding carboxylic acids is 1. The highest BCUT2D eigenvalue weighted by atomic mass is 16.5. The van der Waals surface area contributed by atoms with E-state index in [0.29, 0.717) is 37.3 Å². The van der Waals surface area contributed by atoms with Gasteiger partial charge in [0.15, 0.2) is 11.5 Å². The number of carbonyl (C=O) groups is 1. The lowest BCUT2D eigenvalue weighted by molar-refractivity contribution is -0.0937. The van der Waals surface area contributed by atoms with Crippen LogP contribution in [0, 0.1) is 0 Å². The number of benzene rings is 1. The lowest BCUT2D eigenvalue weighted by atomic mass is 9.54.